The molecule has 0 fully saturated rings. The molecule has 8 heteroatoms. The minimum absolute atomic E-state index is 0.244. The maximum Gasteiger partial charge on any atom is 0.315 e. The standard InChI is InChI=1S/C20H25N3O5/c1-4-26-20(25)11-19(24)23(13-16-9-14(2)22(3)21-16)12-15-5-6-17-18(10-15)28-8-7-27-17/h5-6,9-10H,4,7-8,11-13H2,1-3H3. The molecule has 1 aromatic carbocycles. The molecule has 0 N–H and O–H groups in total. The number of esters is 1. The third-order valence-corrected chi connectivity index (χ3v) is 4.45. The van der Waals surface area contributed by atoms with Gasteiger partial charge in [-0.2, -0.15) is 5.10 Å². The topological polar surface area (TPSA) is 82.9 Å². The van der Waals surface area contributed by atoms with Crippen LogP contribution in [-0.2, 0) is 34.5 Å². The second kappa shape index (κ2) is 8.77. The molecule has 28 heavy (non-hydrogen) atoms. The lowest BCUT2D eigenvalue weighted by Gasteiger charge is -2.23. The Morgan fingerprint density at radius 3 is 2.61 bits per heavy atom. The van der Waals surface area contributed by atoms with E-state index in [1.54, 1.807) is 16.5 Å². The van der Waals surface area contributed by atoms with Crippen LogP contribution >= 0.6 is 0 Å². The first kappa shape index (κ1) is 19.7. The summed E-state index contributed by atoms with van der Waals surface area (Å²) in [5.74, 6) is 0.517. The molecule has 0 bridgehead atoms. The molecule has 0 aliphatic carbocycles. The lowest BCUT2D eigenvalue weighted by Crippen LogP contribution is -2.32. The Hall–Kier alpha value is -3.03. The average molecular weight is 387 g/mol. The van der Waals surface area contributed by atoms with Crippen molar-refractivity contribution in [2.45, 2.75) is 33.4 Å². The minimum atomic E-state index is -0.531. The Morgan fingerprint density at radius 1 is 1.18 bits per heavy atom. The van der Waals surface area contributed by atoms with Crippen molar-refractivity contribution < 1.29 is 23.8 Å². The van der Waals surface area contributed by atoms with Crippen LogP contribution < -0.4 is 9.47 Å². The number of rotatable bonds is 7. The predicted octanol–water partition coefficient (Wildman–Crippen LogP) is 1.98. The van der Waals surface area contributed by atoms with Gasteiger partial charge in [0, 0.05) is 19.3 Å². The maximum absolute atomic E-state index is 12.8. The number of hydrogen-bond donors (Lipinski definition) is 0. The second-order valence-corrected chi connectivity index (χ2v) is 6.61. The van der Waals surface area contributed by atoms with Crippen LogP contribution in [0.5, 0.6) is 11.5 Å². The number of nitrogens with zero attached hydrogens (tertiary/aromatic N) is 3. The average Bonchev–Trinajstić information content (AvgIpc) is 2.98. The van der Waals surface area contributed by atoms with Crippen LogP contribution in [0.15, 0.2) is 24.3 Å². The zero-order chi connectivity index (χ0) is 20.1. The highest BCUT2D eigenvalue weighted by Gasteiger charge is 2.21. The molecule has 1 amide bonds. The van der Waals surface area contributed by atoms with E-state index >= 15 is 0 Å². The molecule has 0 atom stereocenters. The molecule has 1 aliphatic rings. The molecular weight excluding hydrogens is 362 g/mol. The van der Waals surface area contributed by atoms with Gasteiger partial charge in [0.15, 0.2) is 11.5 Å². The van der Waals surface area contributed by atoms with Crippen molar-refractivity contribution in [1.29, 1.82) is 0 Å². The van der Waals surface area contributed by atoms with Crippen LogP contribution in [0.25, 0.3) is 0 Å². The molecule has 2 aromatic rings. The molecule has 0 spiro atoms. The molecule has 2 heterocycles. The fraction of sp³-hybridized carbons (Fsp3) is 0.450. The first-order valence-electron chi connectivity index (χ1n) is 9.27. The number of fused-ring (bicyclic) bond motifs is 1. The van der Waals surface area contributed by atoms with E-state index in [4.69, 9.17) is 14.2 Å². The van der Waals surface area contributed by atoms with Crippen LogP contribution in [0.2, 0.25) is 0 Å². The van der Waals surface area contributed by atoms with Gasteiger partial charge in [0.25, 0.3) is 0 Å². The molecule has 1 aliphatic heterocycles. The van der Waals surface area contributed by atoms with Crippen molar-refractivity contribution in [3.63, 3.8) is 0 Å². The van der Waals surface area contributed by atoms with Crippen LogP contribution in [-0.4, -0.2) is 46.4 Å². The van der Waals surface area contributed by atoms with Gasteiger partial charge in [0.1, 0.15) is 19.6 Å². The van der Waals surface area contributed by atoms with E-state index in [1.807, 2.05) is 38.2 Å². The van der Waals surface area contributed by atoms with Crippen molar-refractivity contribution in [3.8, 4) is 11.5 Å². The fourth-order valence-corrected chi connectivity index (χ4v) is 2.99. The maximum atomic E-state index is 12.8. The highest BCUT2D eigenvalue weighted by molar-refractivity contribution is 5.94. The zero-order valence-corrected chi connectivity index (χ0v) is 16.4. The van der Waals surface area contributed by atoms with Crippen molar-refractivity contribution >= 4 is 11.9 Å². The van der Waals surface area contributed by atoms with Crippen LogP contribution in [0, 0.1) is 6.92 Å². The van der Waals surface area contributed by atoms with Gasteiger partial charge < -0.3 is 19.1 Å². The fourth-order valence-electron chi connectivity index (χ4n) is 2.99. The number of benzene rings is 1. The van der Waals surface area contributed by atoms with Gasteiger partial charge >= 0.3 is 5.97 Å². The smallest absolute Gasteiger partial charge is 0.315 e. The Kier molecular flexibility index (Phi) is 6.18. The minimum Gasteiger partial charge on any atom is -0.486 e. The lowest BCUT2D eigenvalue weighted by molar-refractivity contribution is -0.149. The number of amides is 1. The highest BCUT2D eigenvalue weighted by atomic mass is 16.6. The summed E-state index contributed by atoms with van der Waals surface area (Å²) in [5.41, 5.74) is 2.64. The molecular formula is C20H25N3O5. The SMILES string of the molecule is CCOC(=O)CC(=O)N(Cc1ccc2c(c1)OCCO2)Cc1cc(C)n(C)n1. The number of hydrogen-bond acceptors (Lipinski definition) is 6. The molecule has 150 valence electrons. The van der Waals surface area contributed by atoms with Gasteiger partial charge in [-0.25, -0.2) is 0 Å². The van der Waals surface area contributed by atoms with Gasteiger partial charge in [0.05, 0.1) is 18.8 Å². The molecule has 0 saturated carbocycles. The van der Waals surface area contributed by atoms with Gasteiger partial charge in [-0.3, -0.25) is 14.3 Å². The van der Waals surface area contributed by atoms with Crippen LogP contribution in [0.1, 0.15) is 30.3 Å². The Bertz CT molecular complexity index is 842. The quantitative estimate of drug-likeness (QED) is 0.534. The molecule has 0 saturated heterocycles. The van der Waals surface area contributed by atoms with E-state index in [9.17, 15) is 9.59 Å². The summed E-state index contributed by atoms with van der Waals surface area (Å²) in [6.07, 6.45) is -0.301. The second-order valence-electron chi connectivity index (χ2n) is 6.61. The van der Waals surface area contributed by atoms with Crippen LogP contribution in [0.4, 0.5) is 0 Å². The van der Waals surface area contributed by atoms with E-state index in [1.165, 1.54) is 0 Å². The Labute approximate surface area is 164 Å². The third kappa shape index (κ3) is 4.82. The van der Waals surface area contributed by atoms with E-state index in [2.05, 4.69) is 5.10 Å². The Morgan fingerprint density at radius 2 is 1.93 bits per heavy atom. The van der Waals surface area contributed by atoms with Crippen molar-refractivity contribution in [2.75, 3.05) is 19.8 Å². The summed E-state index contributed by atoms with van der Waals surface area (Å²) in [6, 6.07) is 7.52. The first-order chi connectivity index (χ1) is 13.5. The molecule has 0 unspecified atom stereocenters. The zero-order valence-electron chi connectivity index (χ0n) is 16.4. The van der Waals surface area contributed by atoms with E-state index in [0.717, 1.165) is 17.0 Å². The van der Waals surface area contributed by atoms with Gasteiger partial charge in [-0.05, 0) is 37.6 Å². The number of ether oxygens (including phenoxy) is 3. The first-order valence-corrected chi connectivity index (χ1v) is 9.27. The van der Waals surface area contributed by atoms with Gasteiger partial charge in [-0.1, -0.05) is 6.07 Å². The Balaban J connectivity index is 1.78. The molecule has 3 rings (SSSR count). The highest BCUT2D eigenvalue weighted by Crippen LogP contribution is 2.31. The summed E-state index contributed by atoms with van der Waals surface area (Å²) in [7, 11) is 1.85. The summed E-state index contributed by atoms with van der Waals surface area (Å²) in [6.45, 7) is 5.55. The van der Waals surface area contributed by atoms with Crippen LogP contribution in [0.3, 0.4) is 0 Å². The molecule has 1 aromatic heterocycles. The van der Waals surface area contributed by atoms with Gasteiger partial charge in [-0.15, -0.1) is 0 Å². The third-order valence-electron chi connectivity index (χ3n) is 4.45. The summed E-state index contributed by atoms with van der Waals surface area (Å²) in [5, 5.41) is 4.42. The monoisotopic (exact) mass is 387 g/mol. The normalized spacial score (nSPS) is 12.5. The number of aromatic nitrogens is 2. The van der Waals surface area contributed by atoms with E-state index in [0.29, 0.717) is 37.8 Å². The largest absolute Gasteiger partial charge is 0.486 e. The van der Waals surface area contributed by atoms with Crippen molar-refractivity contribution in [1.82, 2.24) is 14.7 Å². The number of carbonyl (C=O) groups is 2. The van der Waals surface area contributed by atoms with Crippen molar-refractivity contribution in [3.05, 3.63) is 41.2 Å². The summed E-state index contributed by atoms with van der Waals surface area (Å²) >= 11 is 0. The van der Waals surface area contributed by atoms with Crippen molar-refractivity contribution in [2.24, 2.45) is 7.05 Å². The van der Waals surface area contributed by atoms with E-state index < -0.39 is 5.97 Å². The van der Waals surface area contributed by atoms with Gasteiger partial charge in [0.2, 0.25) is 5.91 Å². The van der Waals surface area contributed by atoms with E-state index in [-0.39, 0.29) is 18.9 Å². The number of carbonyl (C=O) groups excluding carboxylic acids is 2. The summed E-state index contributed by atoms with van der Waals surface area (Å²) < 4.78 is 17.8. The molecule has 0 radical (unpaired) electrons. The predicted molar refractivity (Wildman–Crippen MR) is 101 cm³/mol. The lowest BCUT2D eigenvalue weighted by atomic mass is 10.1. The molecule has 8 nitrogen and oxygen atoms in total. The number of aryl methyl sites for hydroxylation is 2. The summed E-state index contributed by atoms with van der Waals surface area (Å²) in [4.78, 5) is 26.1.